The summed E-state index contributed by atoms with van der Waals surface area (Å²) in [6.07, 6.45) is 2.55. The Hall–Kier alpha value is -1.32. The topological polar surface area (TPSA) is 15.6 Å². The lowest BCUT2D eigenvalue weighted by atomic mass is 9.64. The minimum Gasteiger partial charge on any atom is -0.301 e. The van der Waals surface area contributed by atoms with E-state index < -0.39 is 0 Å². The van der Waals surface area contributed by atoms with E-state index in [1.807, 2.05) is 0 Å². The Morgan fingerprint density at radius 2 is 1.86 bits per heavy atom. The number of thiol groups is 1. The minimum atomic E-state index is 0.588. The second-order valence-corrected chi connectivity index (χ2v) is 9.52. The molecule has 3 heteroatoms. The lowest BCUT2D eigenvalue weighted by Crippen LogP contribution is -2.46. The van der Waals surface area contributed by atoms with Gasteiger partial charge in [-0.15, -0.1) is 12.6 Å². The molecule has 150 valence electrons. The van der Waals surface area contributed by atoms with Gasteiger partial charge in [0.25, 0.3) is 0 Å². The molecule has 0 saturated heterocycles. The summed E-state index contributed by atoms with van der Waals surface area (Å²) in [5.74, 6) is 2.67. The predicted octanol–water partition coefficient (Wildman–Crippen LogP) is 6.66. The van der Waals surface area contributed by atoms with E-state index in [9.17, 15) is 0 Å². The second kappa shape index (κ2) is 7.84. The summed E-state index contributed by atoms with van der Waals surface area (Å²) >= 11 is 4.81. The molecule has 1 saturated carbocycles. The lowest BCUT2D eigenvalue weighted by molar-refractivity contribution is 0.0656. The number of rotatable bonds is 5. The van der Waals surface area contributed by atoms with Gasteiger partial charge in [-0.2, -0.15) is 0 Å². The molecule has 0 bridgehead atoms. The zero-order chi connectivity index (χ0) is 20.0. The predicted molar refractivity (Wildman–Crippen MR) is 125 cm³/mol. The third-order valence-corrected chi connectivity index (χ3v) is 7.68. The first kappa shape index (κ1) is 20.0. The summed E-state index contributed by atoms with van der Waals surface area (Å²) in [6.45, 7) is 14.2. The maximum atomic E-state index is 4.81. The Morgan fingerprint density at radius 3 is 2.54 bits per heavy atom. The summed E-state index contributed by atoms with van der Waals surface area (Å²) in [6, 6.07) is 11.8. The number of aliphatic imine (C=N–C) groups is 1. The van der Waals surface area contributed by atoms with Gasteiger partial charge in [-0.25, -0.2) is 4.99 Å². The van der Waals surface area contributed by atoms with Crippen LogP contribution in [0.1, 0.15) is 64.5 Å². The van der Waals surface area contributed by atoms with Crippen molar-refractivity contribution in [3.8, 4) is 0 Å². The minimum absolute atomic E-state index is 0.588. The molecule has 0 amide bonds. The van der Waals surface area contributed by atoms with Crippen molar-refractivity contribution in [2.75, 3.05) is 13.1 Å². The van der Waals surface area contributed by atoms with Crippen LogP contribution in [-0.2, 0) is 0 Å². The van der Waals surface area contributed by atoms with E-state index in [2.05, 4.69) is 69.9 Å². The maximum absolute atomic E-state index is 4.81. The highest BCUT2D eigenvalue weighted by atomic mass is 32.1. The Morgan fingerprint density at radius 1 is 1.11 bits per heavy atom. The molecule has 1 heterocycles. The first-order valence-corrected chi connectivity index (χ1v) is 11.5. The van der Waals surface area contributed by atoms with Crippen LogP contribution in [0, 0.1) is 17.8 Å². The van der Waals surface area contributed by atoms with Crippen LogP contribution in [0.5, 0.6) is 0 Å². The van der Waals surface area contributed by atoms with Gasteiger partial charge in [0, 0.05) is 17.0 Å². The molecular formula is C25H34N2S. The molecule has 28 heavy (non-hydrogen) atoms. The normalized spacial score (nSPS) is 27.1. The van der Waals surface area contributed by atoms with Gasteiger partial charge < -0.3 is 4.90 Å². The van der Waals surface area contributed by atoms with Gasteiger partial charge in [-0.1, -0.05) is 58.9 Å². The van der Waals surface area contributed by atoms with Crippen LogP contribution >= 0.6 is 12.6 Å². The van der Waals surface area contributed by atoms with Crippen LogP contribution in [0.15, 0.2) is 35.3 Å². The van der Waals surface area contributed by atoms with Crippen LogP contribution in [0.25, 0.3) is 10.8 Å². The van der Waals surface area contributed by atoms with Crippen molar-refractivity contribution in [3.05, 3.63) is 41.5 Å². The fourth-order valence-corrected chi connectivity index (χ4v) is 6.24. The standard InChI is InChI=1S/C25H34N2S/c1-6-27(7-2)22-14-19(15(3)4)20(13-16(22)5)18-12-11-17-9-8-10-21-23(17)24(18)25(28)26-21/h8-12,15-16,19-20,22H,6-7,13-14H2,1-5H3,(H,26,28). The molecule has 2 aliphatic rings. The van der Waals surface area contributed by atoms with E-state index in [4.69, 9.17) is 17.6 Å². The van der Waals surface area contributed by atoms with Gasteiger partial charge in [0.2, 0.25) is 0 Å². The number of nitrogens with zero attached hydrogens (tertiary/aromatic N) is 2. The fourth-order valence-electron chi connectivity index (χ4n) is 5.89. The Balaban J connectivity index is 1.78. The summed E-state index contributed by atoms with van der Waals surface area (Å²) in [5.41, 5.74) is 3.88. The molecular weight excluding hydrogens is 360 g/mol. The highest BCUT2D eigenvalue weighted by Gasteiger charge is 2.40. The van der Waals surface area contributed by atoms with Gasteiger partial charge in [-0.3, -0.25) is 0 Å². The Bertz CT molecular complexity index is 897. The summed E-state index contributed by atoms with van der Waals surface area (Å²) in [4.78, 5) is 7.46. The molecule has 4 atom stereocenters. The van der Waals surface area contributed by atoms with Crippen molar-refractivity contribution in [1.82, 2.24) is 4.90 Å². The van der Waals surface area contributed by atoms with Gasteiger partial charge in [0.1, 0.15) is 5.04 Å². The third kappa shape index (κ3) is 3.21. The molecule has 1 fully saturated rings. The van der Waals surface area contributed by atoms with E-state index in [1.165, 1.54) is 34.7 Å². The molecule has 1 aliphatic carbocycles. The van der Waals surface area contributed by atoms with E-state index >= 15 is 0 Å². The molecule has 4 unspecified atom stereocenters. The zero-order valence-corrected chi connectivity index (χ0v) is 18.8. The summed E-state index contributed by atoms with van der Waals surface area (Å²) in [7, 11) is 0. The van der Waals surface area contributed by atoms with Crippen LogP contribution in [0.3, 0.4) is 0 Å². The lowest BCUT2D eigenvalue weighted by Gasteiger charge is -2.46. The zero-order valence-electron chi connectivity index (χ0n) is 17.9. The summed E-state index contributed by atoms with van der Waals surface area (Å²) in [5, 5.41) is 3.50. The Kier molecular flexibility index (Phi) is 5.59. The van der Waals surface area contributed by atoms with Gasteiger partial charge in [-0.05, 0) is 66.6 Å². The molecule has 0 aromatic heterocycles. The third-order valence-electron chi connectivity index (χ3n) is 7.36. The monoisotopic (exact) mass is 394 g/mol. The fraction of sp³-hybridized carbons (Fsp3) is 0.560. The molecule has 1 aliphatic heterocycles. The molecule has 2 aromatic carbocycles. The molecule has 2 aromatic rings. The molecule has 2 nitrogen and oxygen atoms in total. The van der Waals surface area contributed by atoms with Crippen LogP contribution in [0.4, 0.5) is 5.69 Å². The van der Waals surface area contributed by atoms with Crippen LogP contribution < -0.4 is 0 Å². The average Bonchev–Trinajstić information content (AvgIpc) is 3.02. The van der Waals surface area contributed by atoms with Crippen molar-refractivity contribution in [1.29, 1.82) is 0 Å². The van der Waals surface area contributed by atoms with Crippen LogP contribution in [-0.4, -0.2) is 29.1 Å². The van der Waals surface area contributed by atoms with Crippen molar-refractivity contribution >= 4 is 34.1 Å². The van der Waals surface area contributed by atoms with Crippen molar-refractivity contribution in [2.45, 2.75) is 59.4 Å². The van der Waals surface area contributed by atoms with E-state index in [-0.39, 0.29) is 0 Å². The highest BCUT2D eigenvalue weighted by Crippen LogP contribution is 2.49. The first-order chi connectivity index (χ1) is 13.5. The van der Waals surface area contributed by atoms with E-state index in [0.717, 1.165) is 23.8 Å². The summed E-state index contributed by atoms with van der Waals surface area (Å²) < 4.78 is 0. The molecule has 0 spiro atoms. The maximum Gasteiger partial charge on any atom is 0.102 e. The average molecular weight is 395 g/mol. The number of benzene rings is 2. The second-order valence-electron chi connectivity index (χ2n) is 9.09. The molecule has 0 N–H and O–H groups in total. The quantitative estimate of drug-likeness (QED) is 0.561. The number of hydrogen-bond donors (Lipinski definition) is 1. The van der Waals surface area contributed by atoms with Gasteiger partial charge in [0.15, 0.2) is 0 Å². The van der Waals surface area contributed by atoms with Crippen molar-refractivity contribution in [2.24, 2.45) is 22.7 Å². The SMILES string of the molecule is CCN(CC)C1CC(C(C)C)C(c2ccc3cccc4c3c2C(S)=N4)CC1C. The van der Waals surface area contributed by atoms with E-state index in [1.54, 1.807) is 0 Å². The number of hydrogen-bond acceptors (Lipinski definition) is 2. The molecule has 0 radical (unpaired) electrons. The van der Waals surface area contributed by atoms with Crippen molar-refractivity contribution in [3.63, 3.8) is 0 Å². The Labute approximate surface area is 175 Å². The van der Waals surface area contributed by atoms with Gasteiger partial charge in [0.05, 0.1) is 5.69 Å². The smallest absolute Gasteiger partial charge is 0.102 e. The van der Waals surface area contributed by atoms with E-state index in [0.29, 0.717) is 29.7 Å². The highest BCUT2D eigenvalue weighted by molar-refractivity contribution is 7.97. The largest absolute Gasteiger partial charge is 0.301 e. The first-order valence-electron chi connectivity index (χ1n) is 11.0. The van der Waals surface area contributed by atoms with Gasteiger partial charge >= 0.3 is 0 Å². The van der Waals surface area contributed by atoms with Crippen molar-refractivity contribution < 1.29 is 0 Å². The molecule has 4 rings (SSSR count). The van der Waals surface area contributed by atoms with Crippen LogP contribution in [0.2, 0.25) is 0 Å².